The van der Waals surface area contributed by atoms with E-state index in [1.165, 1.54) is 0 Å². The van der Waals surface area contributed by atoms with Crippen LogP contribution in [0.4, 0.5) is 10.6 Å². The molecule has 1 aromatic heterocycles. The number of carbonyl (C=O) groups is 1. The van der Waals surface area contributed by atoms with E-state index in [1.807, 2.05) is 62.4 Å². The molecule has 2 unspecified atom stereocenters. The summed E-state index contributed by atoms with van der Waals surface area (Å²) in [4.78, 5) is 13.0. The number of nitrogens with one attached hydrogen (secondary N) is 2. The quantitative estimate of drug-likeness (QED) is 0.606. The molecule has 0 saturated heterocycles. The van der Waals surface area contributed by atoms with Crippen molar-refractivity contribution < 1.29 is 9.90 Å². The molecule has 0 saturated carbocycles. The smallest absolute Gasteiger partial charge is 0.320 e. The highest BCUT2D eigenvalue weighted by molar-refractivity contribution is 5.90. The largest absolute Gasteiger partial charge is 0.391 e. The molecule has 1 heterocycles. The maximum atomic E-state index is 13.0. The Morgan fingerprint density at radius 2 is 1.77 bits per heavy atom. The molecule has 0 spiro atoms. The molecule has 1 aliphatic carbocycles. The third-order valence-corrected chi connectivity index (χ3v) is 6.01. The van der Waals surface area contributed by atoms with Crippen LogP contribution >= 0.6 is 0 Å². The lowest BCUT2D eigenvalue weighted by Crippen LogP contribution is -2.45. The molecule has 156 valence electrons. The second kappa shape index (κ2) is 7.61. The number of aliphatic hydroxyl groups excluding tert-OH is 1. The van der Waals surface area contributed by atoms with Gasteiger partial charge in [-0.3, -0.25) is 5.32 Å². The lowest BCUT2D eigenvalue weighted by atomic mass is 9.70. The van der Waals surface area contributed by atoms with Gasteiger partial charge in [0.15, 0.2) is 0 Å². The first-order valence-electron chi connectivity index (χ1n) is 10.2. The van der Waals surface area contributed by atoms with E-state index in [1.54, 1.807) is 4.68 Å². The van der Waals surface area contributed by atoms with Crippen molar-refractivity contribution >= 4 is 11.8 Å². The molecule has 1 aliphatic rings. The predicted octanol–water partition coefficient (Wildman–Crippen LogP) is 4.39. The predicted molar refractivity (Wildman–Crippen MR) is 118 cm³/mol. The minimum absolute atomic E-state index is 0.149. The number of carbonyl (C=O) groups excluding carboxylic acids is 1. The first kappa shape index (κ1) is 20.2. The topological polar surface area (TPSA) is 79.2 Å². The van der Waals surface area contributed by atoms with Gasteiger partial charge >= 0.3 is 6.03 Å². The minimum atomic E-state index is -0.664. The van der Waals surface area contributed by atoms with E-state index in [0.717, 1.165) is 28.1 Å². The Kier molecular flexibility index (Phi) is 5.12. The number of fused-ring (bicyclic) bond motifs is 1. The van der Waals surface area contributed by atoms with Crippen LogP contribution in [0.15, 0.2) is 54.6 Å². The zero-order valence-corrected chi connectivity index (χ0v) is 17.8. The first-order chi connectivity index (χ1) is 14.3. The van der Waals surface area contributed by atoms with E-state index in [-0.39, 0.29) is 11.4 Å². The number of nitrogens with zero attached hydrogens (tertiary/aromatic N) is 2. The van der Waals surface area contributed by atoms with Crippen molar-refractivity contribution in [3.8, 4) is 5.69 Å². The molecular formula is C24H28N4O2. The standard InChI is InChI=1S/C24H28N4O2/c1-15-16(2)27-28(17-10-6-5-7-11-17)22(15)26-23(30)25-21-18-12-8-9-13-19(18)24(3,4)14-20(21)29/h5-13,20-21,29H,14H2,1-4H3,(H2,25,26,30). The van der Waals surface area contributed by atoms with Gasteiger partial charge in [-0.25, -0.2) is 9.48 Å². The number of anilines is 1. The summed E-state index contributed by atoms with van der Waals surface area (Å²) in [5.41, 5.74) is 4.58. The molecule has 0 aliphatic heterocycles. The Morgan fingerprint density at radius 3 is 2.50 bits per heavy atom. The number of hydrogen-bond donors (Lipinski definition) is 3. The average molecular weight is 405 g/mol. The van der Waals surface area contributed by atoms with Gasteiger partial charge < -0.3 is 10.4 Å². The number of aryl methyl sites for hydroxylation is 1. The zero-order chi connectivity index (χ0) is 21.5. The zero-order valence-electron chi connectivity index (χ0n) is 17.8. The fourth-order valence-corrected chi connectivity index (χ4v) is 4.31. The van der Waals surface area contributed by atoms with Crippen LogP contribution in [-0.4, -0.2) is 27.0 Å². The number of para-hydroxylation sites is 1. The fraction of sp³-hybridized carbons (Fsp3) is 0.333. The number of benzene rings is 2. The van der Waals surface area contributed by atoms with Gasteiger partial charge in [0, 0.05) is 5.56 Å². The third-order valence-electron chi connectivity index (χ3n) is 6.01. The summed E-state index contributed by atoms with van der Waals surface area (Å²) < 4.78 is 1.73. The van der Waals surface area contributed by atoms with Crippen molar-refractivity contribution in [3.05, 3.63) is 77.0 Å². The molecule has 0 radical (unpaired) electrons. The summed E-state index contributed by atoms with van der Waals surface area (Å²) >= 11 is 0. The SMILES string of the molecule is Cc1nn(-c2ccccc2)c(NC(=O)NC2c3ccccc3C(C)(C)CC2O)c1C. The van der Waals surface area contributed by atoms with E-state index in [0.29, 0.717) is 12.2 Å². The van der Waals surface area contributed by atoms with Crippen LogP contribution in [0, 0.1) is 13.8 Å². The lowest BCUT2D eigenvalue weighted by Gasteiger charge is -2.40. The second-order valence-corrected chi connectivity index (χ2v) is 8.63. The highest BCUT2D eigenvalue weighted by Crippen LogP contribution is 2.41. The van der Waals surface area contributed by atoms with Gasteiger partial charge in [-0.2, -0.15) is 5.10 Å². The molecule has 2 aromatic carbocycles. The van der Waals surface area contributed by atoms with Crippen LogP contribution in [0.2, 0.25) is 0 Å². The molecule has 3 aromatic rings. The molecule has 6 heteroatoms. The molecule has 0 bridgehead atoms. The molecule has 4 rings (SSSR count). The van der Waals surface area contributed by atoms with Crippen molar-refractivity contribution in [2.75, 3.05) is 5.32 Å². The van der Waals surface area contributed by atoms with Crippen LogP contribution < -0.4 is 10.6 Å². The lowest BCUT2D eigenvalue weighted by molar-refractivity contribution is 0.0883. The van der Waals surface area contributed by atoms with E-state index in [2.05, 4.69) is 35.6 Å². The molecular weight excluding hydrogens is 376 g/mol. The highest BCUT2D eigenvalue weighted by Gasteiger charge is 2.39. The maximum Gasteiger partial charge on any atom is 0.320 e. The summed E-state index contributed by atoms with van der Waals surface area (Å²) in [5.74, 6) is 0.620. The van der Waals surface area contributed by atoms with E-state index < -0.39 is 12.1 Å². The number of hydrogen-bond acceptors (Lipinski definition) is 3. The Bertz CT molecular complexity index is 1070. The molecule has 30 heavy (non-hydrogen) atoms. The van der Waals surface area contributed by atoms with Gasteiger partial charge in [0.25, 0.3) is 0 Å². The Balaban J connectivity index is 1.61. The highest BCUT2D eigenvalue weighted by atomic mass is 16.3. The van der Waals surface area contributed by atoms with Crippen LogP contribution in [0.25, 0.3) is 5.69 Å². The number of urea groups is 1. The summed E-state index contributed by atoms with van der Waals surface area (Å²) in [6.45, 7) is 8.09. The fourth-order valence-electron chi connectivity index (χ4n) is 4.31. The van der Waals surface area contributed by atoms with Gasteiger partial charge in [-0.1, -0.05) is 56.3 Å². The minimum Gasteiger partial charge on any atom is -0.391 e. The molecule has 2 atom stereocenters. The van der Waals surface area contributed by atoms with Crippen LogP contribution in [-0.2, 0) is 5.41 Å². The van der Waals surface area contributed by atoms with Crippen LogP contribution in [0.5, 0.6) is 0 Å². The van der Waals surface area contributed by atoms with E-state index in [4.69, 9.17) is 0 Å². The van der Waals surface area contributed by atoms with Gasteiger partial charge in [0.05, 0.1) is 23.5 Å². The van der Waals surface area contributed by atoms with E-state index in [9.17, 15) is 9.90 Å². The van der Waals surface area contributed by atoms with Crippen molar-refractivity contribution in [2.45, 2.75) is 51.7 Å². The first-order valence-corrected chi connectivity index (χ1v) is 10.2. The van der Waals surface area contributed by atoms with Crippen molar-refractivity contribution in [1.29, 1.82) is 0 Å². The number of rotatable bonds is 3. The van der Waals surface area contributed by atoms with Crippen LogP contribution in [0.1, 0.15) is 48.7 Å². The van der Waals surface area contributed by atoms with Crippen molar-refractivity contribution in [2.24, 2.45) is 0 Å². The van der Waals surface area contributed by atoms with Gasteiger partial charge in [-0.05, 0) is 48.9 Å². The van der Waals surface area contributed by atoms with E-state index >= 15 is 0 Å². The Hall–Kier alpha value is -3.12. The molecule has 0 fully saturated rings. The summed E-state index contributed by atoms with van der Waals surface area (Å²) in [7, 11) is 0. The molecule has 6 nitrogen and oxygen atoms in total. The van der Waals surface area contributed by atoms with Crippen LogP contribution in [0.3, 0.4) is 0 Å². The summed E-state index contributed by atoms with van der Waals surface area (Å²) in [5, 5.41) is 21.3. The Labute approximate surface area is 176 Å². The summed E-state index contributed by atoms with van der Waals surface area (Å²) in [6, 6.07) is 16.9. The van der Waals surface area contributed by atoms with Gasteiger partial charge in [-0.15, -0.1) is 0 Å². The number of aliphatic hydroxyl groups is 1. The van der Waals surface area contributed by atoms with Crippen molar-refractivity contribution in [3.63, 3.8) is 0 Å². The number of aromatic nitrogens is 2. The summed E-state index contributed by atoms with van der Waals surface area (Å²) in [6.07, 6.45) is -0.0859. The normalized spacial score (nSPS) is 19.8. The molecule has 2 amide bonds. The van der Waals surface area contributed by atoms with Crippen molar-refractivity contribution in [1.82, 2.24) is 15.1 Å². The maximum absolute atomic E-state index is 13.0. The van der Waals surface area contributed by atoms with Gasteiger partial charge in [0.1, 0.15) is 5.82 Å². The molecule has 3 N–H and O–H groups in total. The van der Waals surface area contributed by atoms with Gasteiger partial charge in [0.2, 0.25) is 0 Å². The average Bonchev–Trinajstić information content (AvgIpc) is 3.00. The second-order valence-electron chi connectivity index (χ2n) is 8.63. The number of amides is 2. The third kappa shape index (κ3) is 3.59. The Morgan fingerprint density at radius 1 is 1.10 bits per heavy atom. The monoisotopic (exact) mass is 404 g/mol.